The Morgan fingerprint density at radius 1 is 1.32 bits per heavy atom. The average molecular weight is 341 g/mol. The van der Waals surface area contributed by atoms with Crippen LogP contribution in [0.5, 0.6) is 0 Å². The molecule has 0 aromatic carbocycles. The van der Waals surface area contributed by atoms with E-state index in [9.17, 15) is 4.79 Å². The summed E-state index contributed by atoms with van der Waals surface area (Å²) in [5, 5.41) is 3.41. The van der Waals surface area contributed by atoms with Crippen LogP contribution in [-0.2, 0) is 9.53 Å². The molecule has 0 bridgehead atoms. The smallest absolute Gasteiger partial charge is 0.226 e. The number of pyridine rings is 1. The van der Waals surface area contributed by atoms with Crippen molar-refractivity contribution in [2.45, 2.75) is 38.2 Å². The van der Waals surface area contributed by atoms with Crippen LogP contribution in [0.2, 0.25) is 0 Å². The summed E-state index contributed by atoms with van der Waals surface area (Å²) >= 11 is 0. The molecule has 1 amide bonds. The number of carbonyl (C=O) groups is 1. The van der Waals surface area contributed by atoms with E-state index in [-0.39, 0.29) is 12.0 Å². The molecule has 5 heteroatoms. The van der Waals surface area contributed by atoms with Gasteiger partial charge in [0, 0.05) is 44.1 Å². The highest BCUT2D eigenvalue weighted by Gasteiger charge is 2.44. The van der Waals surface area contributed by atoms with Gasteiger partial charge in [-0.3, -0.25) is 4.79 Å². The number of nitrogens with zero attached hydrogens (tertiary/aromatic N) is 2. The van der Waals surface area contributed by atoms with Gasteiger partial charge in [-0.15, -0.1) is 0 Å². The van der Waals surface area contributed by atoms with Crippen molar-refractivity contribution in [1.29, 1.82) is 0 Å². The predicted molar refractivity (Wildman–Crippen MR) is 97.2 cm³/mol. The molecular weight excluding hydrogens is 314 g/mol. The largest absolute Gasteiger partial charge is 0.376 e. The molecule has 3 heterocycles. The molecule has 1 N–H and O–H groups in total. The van der Waals surface area contributed by atoms with Gasteiger partial charge < -0.3 is 15.0 Å². The number of amides is 1. The zero-order valence-corrected chi connectivity index (χ0v) is 14.7. The summed E-state index contributed by atoms with van der Waals surface area (Å²) in [5.74, 6) is 2.07. The van der Waals surface area contributed by atoms with Crippen molar-refractivity contribution in [2.24, 2.45) is 11.8 Å². The highest BCUT2D eigenvalue weighted by molar-refractivity contribution is 5.79. The van der Waals surface area contributed by atoms with Crippen LogP contribution in [0.3, 0.4) is 0 Å². The Morgan fingerprint density at radius 2 is 2.28 bits per heavy atom. The summed E-state index contributed by atoms with van der Waals surface area (Å²) in [5.41, 5.74) is 1.34. The monoisotopic (exact) mass is 341 g/mol. The minimum atomic E-state index is 0.208. The number of anilines is 1. The molecule has 3 atom stereocenters. The lowest BCUT2D eigenvalue weighted by Gasteiger charge is -2.21. The summed E-state index contributed by atoms with van der Waals surface area (Å²) in [4.78, 5) is 19.0. The van der Waals surface area contributed by atoms with E-state index >= 15 is 0 Å². The fourth-order valence-electron chi connectivity index (χ4n) is 4.29. The Labute approximate surface area is 149 Å². The van der Waals surface area contributed by atoms with E-state index in [0.717, 1.165) is 44.9 Å². The maximum atomic E-state index is 12.6. The standard InChI is InChI=1S/C20H27N3O2/c24-20(10-15-6-2-1-3-7-15)23-12-17-16(14-25-18(17)13-23)11-22-19-8-4-5-9-21-19/h4-6,8-9,16-18H,1-3,7,10-14H2,(H,21,22)/t16-,17+,18+/m1/s1. The highest BCUT2D eigenvalue weighted by atomic mass is 16.5. The Balaban J connectivity index is 1.30. The summed E-state index contributed by atoms with van der Waals surface area (Å²) in [6.07, 6.45) is 9.62. The number of nitrogens with one attached hydrogen (secondary N) is 1. The number of hydrogen-bond acceptors (Lipinski definition) is 4. The first kappa shape index (κ1) is 16.6. The van der Waals surface area contributed by atoms with Gasteiger partial charge in [0.1, 0.15) is 5.82 Å². The van der Waals surface area contributed by atoms with Crippen molar-refractivity contribution < 1.29 is 9.53 Å². The molecule has 4 rings (SSSR count). The normalized spacial score (nSPS) is 28.6. The summed E-state index contributed by atoms with van der Waals surface area (Å²) < 4.78 is 5.98. The number of hydrogen-bond donors (Lipinski definition) is 1. The molecule has 0 unspecified atom stereocenters. The number of allylic oxidation sites excluding steroid dienone is 1. The van der Waals surface area contributed by atoms with E-state index in [4.69, 9.17) is 4.74 Å². The molecule has 2 saturated heterocycles. The number of carbonyl (C=O) groups excluding carboxylic acids is 1. The first-order valence-corrected chi connectivity index (χ1v) is 9.52. The van der Waals surface area contributed by atoms with E-state index < -0.39 is 0 Å². The predicted octanol–water partition coefficient (Wildman–Crippen LogP) is 2.86. The summed E-state index contributed by atoms with van der Waals surface area (Å²) in [6, 6.07) is 5.89. The fourth-order valence-corrected chi connectivity index (χ4v) is 4.29. The van der Waals surface area contributed by atoms with E-state index in [1.807, 2.05) is 23.1 Å². The minimum Gasteiger partial charge on any atom is -0.376 e. The highest BCUT2D eigenvalue weighted by Crippen LogP contribution is 2.34. The second kappa shape index (κ2) is 7.56. The third kappa shape index (κ3) is 3.87. The van der Waals surface area contributed by atoms with Crippen LogP contribution in [0.15, 0.2) is 36.0 Å². The van der Waals surface area contributed by atoms with E-state index in [1.54, 1.807) is 6.20 Å². The summed E-state index contributed by atoms with van der Waals surface area (Å²) in [6.45, 7) is 3.23. The van der Waals surface area contributed by atoms with Gasteiger partial charge >= 0.3 is 0 Å². The lowest BCUT2D eigenvalue weighted by Crippen LogP contribution is -2.32. The first-order chi connectivity index (χ1) is 12.3. The molecule has 0 spiro atoms. The molecular formula is C20H27N3O2. The molecule has 0 saturated carbocycles. The van der Waals surface area contributed by atoms with Crippen molar-refractivity contribution in [3.05, 3.63) is 36.0 Å². The molecule has 25 heavy (non-hydrogen) atoms. The van der Waals surface area contributed by atoms with E-state index in [0.29, 0.717) is 18.3 Å². The van der Waals surface area contributed by atoms with E-state index in [1.165, 1.54) is 18.4 Å². The Bertz CT molecular complexity index is 631. The van der Waals surface area contributed by atoms with Gasteiger partial charge in [-0.05, 0) is 37.8 Å². The second-order valence-electron chi connectivity index (χ2n) is 7.48. The lowest BCUT2D eigenvalue weighted by atomic mass is 9.93. The zero-order chi connectivity index (χ0) is 17.1. The van der Waals surface area contributed by atoms with Gasteiger partial charge in [0.2, 0.25) is 5.91 Å². The number of fused-ring (bicyclic) bond motifs is 1. The Kier molecular flexibility index (Phi) is 5.02. The van der Waals surface area contributed by atoms with Crippen LogP contribution in [0.1, 0.15) is 32.1 Å². The Morgan fingerprint density at radius 3 is 3.08 bits per heavy atom. The van der Waals surface area contributed by atoms with E-state index in [2.05, 4.69) is 16.4 Å². The number of rotatable bonds is 5. The van der Waals surface area contributed by atoms with Crippen molar-refractivity contribution in [2.75, 3.05) is 31.6 Å². The topological polar surface area (TPSA) is 54.5 Å². The quantitative estimate of drug-likeness (QED) is 0.837. The summed E-state index contributed by atoms with van der Waals surface area (Å²) in [7, 11) is 0. The molecule has 0 radical (unpaired) electrons. The number of likely N-dealkylation sites (tertiary alicyclic amines) is 1. The maximum absolute atomic E-state index is 12.6. The maximum Gasteiger partial charge on any atom is 0.226 e. The number of aromatic nitrogens is 1. The molecule has 1 aromatic rings. The van der Waals surface area contributed by atoms with Crippen molar-refractivity contribution in [3.63, 3.8) is 0 Å². The molecule has 1 aliphatic carbocycles. The van der Waals surface area contributed by atoms with Crippen LogP contribution in [0.25, 0.3) is 0 Å². The molecule has 5 nitrogen and oxygen atoms in total. The number of ether oxygens (including phenoxy) is 1. The van der Waals surface area contributed by atoms with Crippen molar-refractivity contribution in [1.82, 2.24) is 9.88 Å². The van der Waals surface area contributed by atoms with Crippen LogP contribution in [0.4, 0.5) is 5.82 Å². The van der Waals surface area contributed by atoms with Crippen LogP contribution in [-0.4, -0.2) is 48.1 Å². The minimum absolute atomic E-state index is 0.208. The van der Waals surface area contributed by atoms with Gasteiger partial charge in [-0.2, -0.15) is 0 Å². The zero-order valence-electron chi connectivity index (χ0n) is 14.7. The van der Waals surface area contributed by atoms with Crippen LogP contribution in [0, 0.1) is 11.8 Å². The lowest BCUT2D eigenvalue weighted by molar-refractivity contribution is -0.130. The third-order valence-corrected chi connectivity index (χ3v) is 5.77. The van der Waals surface area contributed by atoms with Crippen LogP contribution >= 0.6 is 0 Å². The molecule has 3 aliphatic rings. The molecule has 1 aromatic heterocycles. The SMILES string of the molecule is O=C(CC1=CCCCC1)N1C[C@H]2[C@H](CNc3ccccn3)CO[C@H]2C1. The third-order valence-electron chi connectivity index (χ3n) is 5.77. The first-order valence-electron chi connectivity index (χ1n) is 9.52. The van der Waals surface area contributed by atoms with Gasteiger partial charge in [-0.1, -0.05) is 17.7 Å². The van der Waals surface area contributed by atoms with Crippen molar-refractivity contribution in [3.8, 4) is 0 Å². The molecule has 2 aliphatic heterocycles. The van der Waals surface area contributed by atoms with Gasteiger partial charge in [-0.25, -0.2) is 4.98 Å². The van der Waals surface area contributed by atoms with Gasteiger partial charge in [0.25, 0.3) is 0 Å². The second-order valence-corrected chi connectivity index (χ2v) is 7.48. The molecule has 134 valence electrons. The van der Waals surface area contributed by atoms with Crippen molar-refractivity contribution >= 4 is 11.7 Å². The fraction of sp³-hybridized carbons (Fsp3) is 0.600. The van der Waals surface area contributed by atoms with Gasteiger partial charge in [0.05, 0.1) is 12.7 Å². The van der Waals surface area contributed by atoms with Gasteiger partial charge in [0.15, 0.2) is 0 Å². The molecule has 2 fully saturated rings. The Hall–Kier alpha value is -1.88. The van der Waals surface area contributed by atoms with Crippen LogP contribution < -0.4 is 5.32 Å². The average Bonchev–Trinajstić information content (AvgIpc) is 3.23.